The summed E-state index contributed by atoms with van der Waals surface area (Å²) in [6, 6.07) is 10.7. The van der Waals surface area contributed by atoms with E-state index in [1.807, 2.05) is 0 Å². The van der Waals surface area contributed by atoms with Gasteiger partial charge >= 0.3 is 6.03 Å². The molecule has 0 saturated carbocycles. The van der Waals surface area contributed by atoms with Gasteiger partial charge < -0.3 is 20.5 Å². The maximum absolute atomic E-state index is 13.4. The molecule has 2 aromatic carbocycles. The van der Waals surface area contributed by atoms with E-state index in [0.29, 0.717) is 47.2 Å². The molecule has 1 saturated heterocycles. The third kappa shape index (κ3) is 4.42. The molecule has 2 heterocycles. The zero-order valence-electron chi connectivity index (χ0n) is 16.6. The van der Waals surface area contributed by atoms with Crippen LogP contribution >= 0.6 is 27.5 Å². The number of halogens is 2. The molecule has 2 aromatic rings. The zero-order valence-corrected chi connectivity index (χ0v) is 18.9. The van der Waals surface area contributed by atoms with Gasteiger partial charge in [0.05, 0.1) is 18.9 Å². The van der Waals surface area contributed by atoms with Crippen molar-refractivity contribution in [1.82, 2.24) is 10.2 Å². The summed E-state index contributed by atoms with van der Waals surface area (Å²) in [7, 11) is 0. The van der Waals surface area contributed by atoms with Crippen LogP contribution in [0.1, 0.15) is 5.56 Å². The number of hydrogen-bond donors (Lipinski definition) is 3. The summed E-state index contributed by atoms with van der Waals surface area (Å²) >= 11 is 9.37. The Hall–Kier alpha value is -2.17. The Morgan fingerprint density at radius 2 is 1.94 bits per heavy atom. The number of rotatable bonds is 5. The highest BCUT2D eigenvalue weighted by Gasteiger charge is 2.52. The molecular weight excluding hydrogens is 488 g/mol. The first-order valence-electron chi connectivity index (χ1n) is 9.87. The predicted molar refractivity (Wildman–Crippen MR) is 121 cm³/mol. The van der Waals surface area contributed by atoms with Crippen LogP contribution in [0.2, 0.25) is 5.02 Å². The maximum Gasteiger partial charge on any atom is 0.329 e. The summed E-state index contributed by atoms with van der Waals surface area (Å²) in [6.07, 6.45) is 0. The highest BCUT2D eigenvalue weighted by molar-refractivity contribution is 9.10. The Morgan fingerprint density at radius 3 is 2.65 bits per heavy atom. The molecule has 2 aliphatic heterocycles. The molecule has 2 aliphatic rings. The van der Waals surface area contributed by atoms with Crippen molar-refractivity contribution in [3.63, 3.8) is 0 Å². The van der Waals surface area contributed by atoms with E-state index < -0.39 is 17.7 Å². The van der Waals surface area contributed by atoms with Crippen LogP contribution in [0.5, 0.6) is 0 Å². The number of morpholine rings is 1. The normalized spacial score (nSPS) is 21.4. The second-order valence-corrected chi connectivity index (χ2v) is 8.67. The fraction of sp³-hybridized carbons (Fsp3) is 0.333. The number of carbonyl (C=O) groups excluding carboxylic acids is 2. The van der Waals surface area contributed by atoms with Crippen molar-refractivity contribution in [3.8, 4) is 0 Å². The summed E-state index contributed by atoms with van der Waals surface area (Å²) in [5.74, 6) is -0.690. The minimum Gasteiger partial charge on any atom is -0.379 e. The van der Waals surface area contributed by atoms with Gasteiger partial charge in [0.1, 0.15) is 0 Å². The standard InChI is InChI=1S/C21H22BrClN4O4/c22-14-1-6-18-17(13-14)21(30,19(28)24-7-8-26-9-11-31-12-10-26)27(20(29)25-18)16-4-2-15(23)3-5-16/h1-6,13,30H,7-12H2,(H,24,28)(H,25,29)/t21-/m1/s1. The number of nitrogens with zero attached hydrogens (tertiary/aromatic N) is 2. The minimum absolute atomic E-state index is 0.264. The first-order chi connectivity index (χ1) is 14.9. The Balaban J connectivity index is 1.66. The Morgan fingerprint density at radius 1 is 1.23 bits per heavy atom. The van der Waals surface area contributed by atoms with Crippen LogP contribution in [-0.4, -0.2) is 61.3 Å². The number of aliphatic hydroxyl groups is 1. The van der Waals surface area contributed by atoms with E-state index in [9.17, 15) is 14.7 Å². The number of anilines is 2. The fourth-order valence-electron chi connectivity index (χ4n) is 3.75. The molecule has 0 radical (unpaired) electrons. The molecule has 0 aromatic heterocycles. The van der Waals surface area contributed by atoms with E-state index in [-0.39, 0.29) is 5.56 Å². The van der Waals surface area contributed by atoms with Crippen molar-refractivity contribution < 1.29 is 19.4 Å². The van der Waals surface area contributed by atoms with Crippen LogP contribution in [0, 0.1) is 0 Å². The van der Waals surface area contributed by atoms with Gasteiger partial charge in [-0.1, -0.05) is 27.5 Å². The van der Waals surface area contributed by atoms with E-state index in [2.05, 4.69) is 31.5 Å². The molecule has 3 N–H and O–H groups in total. The number of fused-ring (bicyclic) bond motifs is 1. The number of urea groups is 1. The van der Waals surface area contributed by atoms with Gasteiger partial charge in [-0.3, -0.25) is 14.6 Å². The summed E-state index contributed by atoms with van der Waals surface area (Å²) in [6.45, 7) is 3.82. The molecule has 0 bridgehead atoms. The third-order valence-corrected chi connectivity index (χ3v) is 6.09. The topological polar surface area (TPSA) is 94.1 Å². The molecule has 8 nitrogen and oxygen atoms in total. The van der Waals surface area contributed by atoms with Crippen molar-refractivity contribution >= 4 is 50.8 Å². The number of ether oxygens (including phenoxy) is 1. The lowest BCUT2D eigenvalue weighted by Crippen LogP contribution is -2.63. The van der Waals surface area contributed by atoms with Crippen molar-refractivity contribution in [2.24, 2.45) is 0 Å². The molecule has 1 fully saturated rings. The van der Waals surface area contributed by atoms with Gasteiger partial charge in [0.15, 0.2) is 0 Å². The van der Waals surface area contributed by atoms with Crippen LogP contribution in [0.3, 0.4) is 0 Å². The molecule has 0 unspecified atom stereocenters. The lowest BCUT2D eigenvalue weighted by molar-refractivity contribution is -0.140. The predicted octanol–water partition coefficient (Wildman–Crippen LogP) is 2.75. The van der Waals surface area contributed by atoms with Crippen molar-refractivity contribution in [1.29, 1.82) is 0 Å². The monoisotopic (exact) mass is 508 g/mol. The van der Waals surface area contributed by atoms with Crippen molar-refractivity contribution in [2.75, 3.05) is 49.6 Å². The first kappa shape index (κ1) is 22.0. The fourth-order valence-corrected chi connectivity index (χ4v) is 4.23. The Bertz CT molecular complexity index is 984. The largest absolute Gasteiger partial charge is 0.379 e. The number of nitrogens with one attached hydrogen (secondary N) is 2. The molecule has 3 amide bonds. The zero-order chi connectivity index (χ0) is 22.0. The van der Waals surface area contributed by atoms with Crippen molar-refractivity contribution in [2.45, 2.75) is 5.72 Å². The van der Waals surface area contributed by atoms with E-state index in [1.54, 1.807) is 42.5 Å². The lowest BCUT2D eigenvalue weighted by atomic mass is 9.95. The number of carbonyl (C=O) groups is 2. The van der Waals surface area contributed by atoms with E-state index >= 15 is 0 Å². The van der Waals surface area contributed by atoms with Crippen LogP contribution < -0.4 is 15.5 Å². The lowest BCUT2D eigenvalue weighted by Gasteiger charge is -2.42. The average Bonchev–Trinajstić information content (AvgIpc) is 2.76. The molecule has 10 heteroatoms. The van der Waals surface area contributed by atoms with Crippen LogP contribution in [0.4, 0.5) is 16.2 Å². The summed E-state index contributed by atoms with van der Waals surface area (Å²) in [4.78, 5) is 29.6. The van der Waals surface area contributed by atoms with E-state index in [4.69, 9.17) is 16.3 Å². The smallest absolute Gasteiger partial charge is 0.329 e. The summed E-state index contributed by atoms with van der Waals surface area (Å²) in [5.41, 5.74) is -1.29. The first-order valence-corrected chi connectivity index (χ1v) is 11.0. The minimum atomic E-state index is -2.25. The van der Waals surface area contributed by atoms with Crippen LogP contribution in [0.25, 0.3) is 0 Å². The number of hydrogen-bond acceptors (Lipinski definition) is 5. The van der Waals surface area contributed by atoms with Gasteiger partial charge in [-0.15, -0.1) is 0 Å². The SMILES string of the molecule is O=C1Nc2ccc(Br)cc2[C@@](O)(C(=O)NCCN2CCOCC2)N1c1ccc(Cl)cc1. The Labute approximate surface area is 193 Å². The highest BCUT2D eigenvalue weighted by atomic mass is 79.9. The average molecular weight is 510 g/mol. The van der Waals surface area contributed by atoms with Crippen LogP contribution in [-0.2, 0) is 15.3 Å². The van der Waals surface area contributed by atoms with Gasteiger partial charge in [-0.25, -0.2) is 4.79 Å². The van der Waals surface area contributed by atoms with Gasteiger partial charge in [0.25, 0.3) is 11.6 Å². The molecule has 1 atom stereocenters. The molecule has 0 aliphatic carbocycles. The molecule has 31 heavy (non-hydrogen) atoms. The van der Waals surface area contributed by atoms with Gasteiger partial charge in [0, 0.05) is 46.9 Å². The Kier molecular flexibility index (Phi) is 6.49. The quantitative estimate of drug-likeness (QED) is 0.576. The van der Waals surface area contributed by atoms with E-state index in [1.165, 1.54) is 0 Å². The number of amides is 3. The van der Waals surface area contributed by atoms with E-state index in [0.717, 1.165) is 18.0 Å². The molecular formula is C21H22BrClN4O4. The van der Waals surface area contributed by atoms with Crippen LogP contribution in [0.15, 0.2) is 46.9 Å². The van der Waals surface area contributed by atoms with Gasteiger partial charge in [-0.05, 0) is 42.5 Å². The summed E-state index contributed by atoms with van der Waals surface area (Å²) in [5, 5.41) is 17.8. The molecule has 164 valence electrons. The second-order valence-electron chi connectivity index (χ2n) is 7.31. The third-order valence-electron chi connectivity index (χ3n) is 5.34. The van der Waals surface area contributed by atoms with Crippen molar-refractivity contribution in [3.05, 3.63) is 57.5 Å². The number of benzene rings is 2. The highest BCUT2D eigenvalue weighted by Crippen LogP contribution is 2.41. The van der Waals surface area contributed by atoms with Gasteiger partial charge in [0.2, 0.25) is 0 Å². The maximum atomic E-state index is 13.4. The summed E-state index contributed by atoms with van der Waals surface area (Å²) < 4.78 is 6.00. The second kappa shape index (κ2) is 9.13. The van der Waals surface area contributed by atoms with Gasteiger partial charge in [-0.2, -0.15) is 0 Å². The molecule has 0 spiro atoms. The molecule has 4 rings (SSSR count).